The van der Waals surface area contributed by atoms with E-state index in [-0.39, 0.29) is 5.91 Å². The fraction of sp³-hybridized carbons (Fsp3) is 0.0400. The lowest BCUT2D eigenvalue weighted by molar-refractivity contribution is 0.0951. The first-order valence-corrected chi connectivity index (χ1v) is 9.71. The number of aromatic amines is 1. The summed E-state index contributed by atoms with van der Waals surface area (Å²) in [7, 11) is 0. The van der Waals surface area contributed by atoms with Gasteiger partial charge in [-0.15, -0.1) is 0 Å². The Hall–Kier alpha value is -4.12. The van der Waals surface area contributed by atoms with Crippen LogP contribution in [-0.2, 0) is 6.54 Å². The predicted octanol–water partition coefficient (Wildman–Crippen LogP) is 5.42. The lowest BCUT2D eigenvalue weighted by atomic mass is 9.98. The Morgan fingerprint density at radius 3 is 2.63 bits per heavy atom. The number of aromatic nitrogens is 2. The lowest BCUT2D eigenvalue weighted by Gasteiger charge is -2.11. The average molecular weight is 393 g/mol. The third kappa shape index (κ3) is 3.37. The minimum Gasteiger partial charge on any atom is -0.472 e. The number of rotatable bonds is 5. The molecule has 2 N–H and O–H groups in total. The van der Waals surface area contributed by atoms with Crippen molar-refractivity contribution in [3.63, 3.8) is 0 Å². The van der Waals surface area contributed by atoms with Gasteiger partial charge in [-0.1, -0.05) is 48.5 Å². The first-order valence-electron chi connectivity index (χ1n) is 9.71. The monoisotopic (exact) mass is 393 g/mol. The molecule has 3 heterocycles. The summed E-state index contributed by atoms with van der Waals surface area (Å²) in [5, 5.41) is 3.99. The number of nitrogens with one attached hydrogen (secondary N) is 2. The minimum atomic E-state index is -0.112. The summed E-state index contributed by atoms with van der Waals surface area (Å²) in [5.41, 5.74) is 6.20. The van der Waals surface area contributed by atoms with Gasteiger partial charge in [-0.2, -0.15) is 0 Å². The van der Waals surface area contributed by atoms with E-state index in [9.17, 15) is 4.79 Å². The first kappa shape index (κ1) is 17.9. The highest BCUT2D eigenvalue weighted by atomic mass is 16.3. The van der Waals surface area contributed by atoms with Gasteiger partial charge in [0.15, 0.2) is 0 Å². The number of carbonyl (C=O) groups is 1. The van der Waals surface area contributed by atoms with Crippen molar-refractivity contribution in [1.29, 1.82) is 0 Å². The molecule has 0 saturated heterocycles. The number of furan rings is 1. The first-order chi connectivity index (χ1) is 14.8. The molecule has 30 heavy (non-hydrogen) atoms. The van der Waals surface area contributed by atoms with Crippen LogP contribution in [0.5, 0.6) is 0 Å². The zero-order valence-corrected chi connectivity index (χ0v) is 16.1. The number of hydrogen-bond donors (Lipinski definition) is 2. The molecule has 3 aromatic heterocycles. The Morgan fingerprint density at radius 1 is 0.967 bits per heavy atom. The Kier molecular flexibility index (Phi) is 4.62. The molecule has 2 aromatic carbocycles. The van der Waals surface area contributed by atoms with Crippen LogP contribution in [-0.4, -0.2) is 15.9 Å². The van der Waals surface area contributed by atoms with Crippen LogP contribution in [0.3, 0.4) is 0 Å². The van der Waals surface area contributed by atoms with Crippen LogP contribution in [0.25, 0.3) is 33.3 Å². The number of fused-ring (bicyclic) bond motifs is 1. The minimum absolute atomic E-state index is 0.112. The van der Waals surface area contributed by atoms with Crippen molar-refractivity contribution < 1.29 is 9.21 Å². The molecule has 0 bridgehead atoms. The third-order valence-electron chi connectivity index (χ3n) is 5.14. The molecule has 0 aliphatic rings. The van der Waals surface area contributed by atoms with Crippen LogP contribution in [0.15, 0.2) is 96.1 Å². The van der Waals surface area contributed by atoms with Crippen molar-refractivity contribution in [3.05, 3.63) is 103 Å². The van der Waals surface area contributed by atoms with E-state index in [2.05, 4.69) is 21.4 Å². The van der Waals surface area contributed by atoms with Gasteiger partial charge in [-0.3, -0.25) is 4.79 Å². The Labute approximate surface area is 173 Å². The Bertz CT molecular complexity index is 1310. The summed E-state index contributed by atoms with van der Waals surface area (Å²) in [6, 6.07) is 21.4. The number of nitrogens with zero attached hydrogens (tertiary/aromatic N) is 1. The van der Waals surface area contributed by atoms with Gasteiger partial charge < -0.3 is 14.7 Å². The fourth-order valence-corrected chi connectivity index (χ4v) is 3.61. The summed E-state index contributed by atoms with van der Waals surface area (Å²) in [5.74, 6) is -0.112. The normalized spacial score (nSPS) is 10.9. The molecular formula is C25H19N3O2. The number of pyridine rings is 1. The molecular weight excluding hydrogens is 374 g/mol. The topological polar surface area (TPSA) is 70.9 Å². The van der Waals surface area contributed by atoms with Crippen molar-refractivity contribution in [2.75, 3.05) is 0 Å². The van der Waals surface area contributed by atoms with Crippen LogP contribution in [0.1, 0.15) is 15.9 Å². The zero-order chi connectivity index (χ0) is 20.3. The second-order valence-corrected chi connectivity index (χ2v) is 7.05. The molecule has 0 aliphatic carbocycles. The summed E-state index contributed by atoms with van der Waals surface area (Å²) < 4.78 is 5.23. The van der Waals surface area contributed by atoms with Gasteiger partial charge in [0.1, 0.15) is 5.65 Å². The number of carbonyl (C=O) groups excluding carboxylic acids is 1. The molecule has 0 spiro atoms. The van der Waals surface area contributed by atoms with Crippen LogP contribution >= 0.6 is 0 Å². The number of benzene rings is 2. The van der Waals surface area contributed by atoms with E-state index in [0.717, 1.165) is 38.9 Å². The van der Waals surface area contributed by atoms with E-state index >= 15 is 0 Å². The third-order valence-corrected chi connectivity index (χ3v) is 5.14. The fourth-order valence-electron chi connectivity index (χ4n) is 3.61. The Balaban J connectivity index is 1.49. The summed E-state index contributed by atoms with van der Waals surface area (Å²) in [4.78, 5) is 20.7. The Morgan fingerprint density at radius 2 is 1.80 bits per heavy atom. The quantitative estimate of drug-likeness (QED) is 0.419. The molecule has 0 aliphatic heterocycles. The molecule has 0 radical (unpaired) electrons. The average Bonchev–Trinajstić information content (AvgIpc) is 3.47. The van der Waals surface area contributed by atoms with Gasteiger partial charge in [0.05, 0.1) is 12.5 Å². The van der Waals surface area contributed by atoms with Crippen LogP contribution in [0.4, 0.5) is 0 Å². The van der Waals surface area contributed by atoms with E-state index in [1.165, 1.54) is 0 Å². The van der Waals surface area contributed by atoms with E-state index in [1.54, 1.807) is 18.7 Å². The summed E-state index contributed by atoms with van der Waals surface area (Å²) >= 11 is 0. The van der Waals surface area contributed by atoms with E-state index in [4.69, 9.17) is 4.42 Å². The van der Waals surface area contributed by atoms with Gasteiger partial charge in [0.25, 0.3) is 5.91 Å². The highest BCUT2D eigenvalue weighted by Gasteiger charge is 2.15. The standard InChI is InChI=1S/C25H19N3O2/c29-25(28-13-17-6-2-1-3-7-17)21-9-5-4-8-20(21)19-12-22-23(18-10-11-30-16-18)15-27-24(22)26-14-19/h1-12,14-16H,13H2,(H,26,27)(H,28,29). The molecule has 5 aromatic rings. The van der Waals surface area contributed by atoms with E-state index in [1.807, 2.05) is 66.9 Å². The molecule has 0 saturated carbocycles. The van der Waals surface area contributed by atoms with Gasteiger partial charge in [0, 0.05) is 46.6 Å². The number of H-pyrrole nitrogens is 1. The summed E-state index contributed by atoms with van der Waals surface area (Å²) in [6.45, 7) is 0.480. The second kappa shape index (κ2) is 7.72. The molecule has 1 amide bonds. The van der Waals surface area contributed by atoms with E-state index < -0.39 is 0 Å². The van der Waals surface area contributed by atoms with E-state index in [0.29, 0.717) is 12.1 Å². The van der Waals surface area contributed by atoms with Gasteiger partial charge >= 0.3 is 0 Å². The van der Waals surface area contributed by atoms with Gasteiger partial charge in [-0.05, 0) is 29.3 Å². The van der Waals surface area contributed by atoms with Crippen LogP contribution in [0.2, 0.25) is 0 Å². The zero-order valence-electron chi connectivity index (χ0n) is 16.1. The largest absolute Gasteiger partial charge is 0.472 e. The maximum absolute atomic E-state index is 12.9. The number of amides is 1. The number of hydrogen-bond acceptors (Lipinski definition) is 3. The summed E-state index contributed by atoms with van der Waals surface area (Å²) in [6.07, 6.45) is 7.07. The van der Waals surface area contributed by atoms with Crippen LogP contribution in [0, 0.1) is 0 Å². The van der Waals surface area contributed by atoms with Gasteiger partial charge in [-0.25, -0.2) is 4.98 Å². The molecule has 5 heteroatoms. The molecule has 0 unspecified atom stereocenters. The predicted molar refractivity (Wildman–Crippen MR) is 117 cm³/mol. The molecule has 5 rings (SSSR count). The molecule has 146 valence electrons. The van der Waals surface area contributed by atoms with Crippen LogP contribution < -0.4 is 5.32 Å². The van der Waals surface area contributed by atoms with Crippen molar-refractivity contribution >= 4 is 16.9 Å². The smallest absolute Gasteiger partial charge is 0.252 e. The maximum atomic E-state index is 12.9. The van der Waals surface area contributed by atoms with Crippen molar-refractivity contribution in [2.24, 2.45) is 0 Å². The molecule has 0 atom stereocenters. The maximum Gasteiger partial charge on any atom is 0.252 e. The SMILES string of the molecule is O=C(NCc1ccccc1)c1ccccc1-c1cnc2[nH]cc(-c3ccoc3)c2c1. The van der Waals surface area contributed by atoms with Crippen molar-refractivity contribution in [3.8, 4) is 22.3 Å². The highest BCUT2D eigenvalue weighted by Crippen LogP contribution is 2.32. The lowest BCUT2D eigenvalue weighted by Crippen LogP contribution is -2.23. The van der Waals surface area contributed by atoms with Crippen molar-refractivity contribution in [1.82, 2.24) is 15.3 Å². The highest BCUT2D eigenvalue weighted by molar-refractivity contribution is 6.02. The molecule has 0 fully saturated rings. The van der Waals surface area contributed by atoms with Gasteiger partial charge in [0.2, 0.25) is 0 Å². The molecule has 5 nitrogen and oxygen atoms in total. The van der Waals surface area contributed by atoms with Crippen molar-refractivity contribution in [2.45, 2.75) is 6.54 Å². The second-order valence-electron chi connectivity index (χ2n) is 7.05.